The number of amides is 2. The fraction of sp³-hybridized carbons (Fsp3) is 0.333. The van der Waals surface area contributed by atoms with E-state index in [0.29, 0.717) is 11.3 Å². The molecule has 6 heteroatoms. The molecule has 0 bridgehead atoms. The summed E-state index contributed by atoms with van der Waals surface area (Å²) in [5.74, 6) is -0.344. The number of ether oxygens (including phenoxy) is 1. The molecule has 1 saturated heterocycles. The number of hydrogen-bond acceptors (Lipinski definition) is 4. The van der Waals surface area contributed by atoms with Crippen LogP contribution in [0.1, 0.15) is 17.3 Å². The standard InChI is InChI=1S/C12H15N3O3/c1-7-10(18-7)12(17)15-14-9-5-3-8(4-6-9)11(16)13-2/h3-7,10,14H,1-2H3,(H,13,16)(H,15,17)/t7-,10+/m0/s1. The van der Waals surface area contributed by atoms with E-state index in [1.54, 1.807) is 31.3 Å². The van der Waals surface area contributed by atoms with Gasteiger partial charge in [-0.1, -0.05) is 0 Å². The minimum Gasteiger partial charge on any atom is -0.359 e. The molecule has 6 nitrogen and oxygen atoms in total. The van der Waals surface area contributed by atoms with Crippen molar-refractivity contribution in [2.75, 3.05) is 12.5 Å². The average Bonchev–Trinajstić information content (AvgIpc) is 3.13. The highest BCUT2D eigenvalue weighted by Crippen LogP contribution is 2.20. The number of carbonyl (C=O) groups excluding carboxylic acids is 2. The molecule has 96 valence electrons. The minimum atomic E-state index is -0.359. The van der Waals surface area contributed by atoms with E-state index < -0.39 is 0 Å². The highest BCUT2D eigenvalue weighted by atomic mass is 16.6. The second kappa shape index (κ2) is 5.05. The number of hydrogen-bond donors (Lipinski definition) is 3. The Kier molecular flexibility index (Phi) is 3.47. The summed E-state index contributed by atoms with van der Waals surface area (Å²) in [5, 5.41) is 2.53. The molecular formula is C12H15N3O3. The van der Waals surface area contributed by atoms with Crippen LogP contribution in [0.15, 0.2) is 24.3 Å². The first kappa shape index (κ1) is 12.4. The Morgan fingerprint density at radius 1 is 1.22 bits per heavy atom. The van der Waals surface area contributed by atoms with Crippen LogP contribution in [0, 0.1) is 0 Å². The van der Waals surface area contributed by atoms with Gasteiger partial charge in [0.05, 0.1) is 11.8 Å². The molecular weight excluding hydrogens is 234 g/mol. The molecule has 0 aliphatic carbocycles. The highest BCUT2D eigenvalue weighted by molar-refractivity contribution is 5.94. The first-order valence-electron chi connectivity index (χ1n) is 5.65. The van der Waals surface area contributed by atoms with Crippen molar-refractivity contribution in [3.63, 3.8) is 0 Å². The molecule has 0 radical (unpaired) electrons. The van der Waals surface area contributed by atoms with Gasteiger partial charge in [-0.25, -0.2) is 0 Å². The molecule has 0 saturated carbocycles. The Morgan fingerprint density at radius 3 is 2.33 bits per heavy atom. The van der Waals surface area contributed by atoms with Crippen LogP contribution in [0.3, 0.4) is 0 Å². The number of rotatable bonds is 4. The van der Waals surface area contributed by atoms with E-state index in [9.17, 15) is 9.59 Å². The van der Waals surface area contributed by atoms with Gasteiger partial charge in [0.15, 0.2) is 6.10 Å². The van der Waals surface area contributed by atoms with Gasteiger partial charge in [0.25, 0.3) is 11.8 Å². The Bertz CT molecular complexity index is 458. The number of anilines is 1. The molecule has 1 aliphatic rings. The molecule has 0 spiro atoms. The van der Waals surface area contributed by atoms with Crippen molar-refractivity contribution in [1.29, 1.82) is 0 Å². The third-order valence-electron chi connectivity index (χ3n) is 2.67. The Morgan fingerprint density at radius 2 is 1.83 bits per heavy atom. The van der Waals surface area contributed by atoms with Crippen LogP contribution < -0.4 is 16.2 Å². The summed E-state index contributed by atoms with van der Waals surface area (Å²) in [6, 6.07) is 6.76. The zero-order valence-corrected chi connectivity index (χ0v) is 10.2. The van der Waals surface area contributed by atoms with E-state index in [4.69, 9.17) is 4.74 Å². The van der Waals surface area contributed by atoms with Crippen molar-refractivity contribution >= 4 is 17.5 Å². The Balaban J connectivity index is 1.86. The van der Waals surface area contributed by atoms with Crippen molar-refractivity contribution in [2.45, 2.75) is 19.1 Å². The number of carbonyl (C=O) groups is 2. The van der Waals surface area contributed by atoms with Gasteiger partial charge >= 0.3 is 0 Å². The van der Waals surface area contributed by atoms with E-state index in [1.807, 2.05) is 6.92 Å². The summed E-state index contributed by atoms with van der Waals surface area (Å²) in [7, 11) is 1.57. The lowest BCUT2D eigenvalue weighted by atomic mass is 10.2. The molecule has 2 amide bonds. The van der Waals surface area contributed by atoms with E-state index in [0.717, 1.165) is 0 Å². The Hall–Kier alpha value is -2.08. The second-order valence-corrected chi connectivity index (χ2v) is 4.03. The summed E-state index contributed by atoms with van der Waals surface area (Å²) in [5.41, 5.74) is 6.56. The van der Waals surface area contributed by atoms with E-state index >= 15 is 0 Å². The molecule has 1 heterocycles. The lowest BCUT2D eigenvalue weighted by Crippen LogP contribution is -2.33. The average molecular weight is 249 g/mol. The summed E-state index contributed by atoms with van der Waals surface area (Å²) < 4.78 is 5.03. The quantitative estimate of drug-likeness (QED) is 0.528. The van der Waals surface area contributed by atoms with Gasteiger partial charge in [-0.05, 0) is 31.2 Å². The maximum absolute atomic E-state index is 11.4. The lowest BCUT2D eigenvalue weighted by Gasteiger charge is -2.07. The number of benzene rings is 1. The van der Waals surface area contributed by atoms with Crippen molar-refractivity contribution in [3.8, 4) is 0 Å². The van der Waals surface area contributed by atoms with Crippen LogP contribution in [0.25, 0.3) is 0 Å². The molecule has 2 atom stereocenters. The summed E-state index contributed by atoms with van der Waals surface area (Å²) in [4.78, 5) is 22.8. The number of hydrazine groups is 1. The maximum atomic E-state index is 11.4. The van der Waals surface area contributed by atoms with Crippen LogP contribution >= 0.6 is 0 Å². The first-order valence-corrected chi connectivity index (χ1v) is 5.65. The molecule has 1 fully saturated rings. The van der Waals surface area contributed by atoms with Gasteiger partial charge in [-0.2, -0.15) is 0 Å². The monoisotopic (exact) mass is 249 g/mol. The van der Waals surface area contributed by atoms with Crippen LogP contribution in [0.5, 0.6) is 0 Å². The van der Waals surface area contributed by atoms with Gasteiger partial charge in [0.1, 0.15) is 0 Å². The van der Waals surface area contributed by atoms with Gasteiger partial charge in [0, 0.05) is 12.6 Å². The van der Waals surface area contributed by atoms with E-state index in [2.05, 4.69) is 16.2 Å². The van der Waals surface area contributed by atoms with Gasteiger partial charge in [0.2, 0.25) is 0 Å². The van der Waals surface area contributed by atoms with E-state index in [1.165, 1.54) is 0 Å². The molecule has 0 aromatic heterocycles. The molecule has 3 N–H and O–H groups in total. The van der Waals surface area contributed by atoms with Crippen molar-refractivity contribution < 1.29 is 14.3 Å². The summed E-state index contributed by atoms with van der Waals surface area (Å²) in [6.07, 6.45) is -0.370. The fourth-order valence-corrected chi connectivity index (χ4v) is 1.52. The molecule has 1 aromatic carbocycles. The minimum absolute atomic E-state index is 0.0116. The predicted octanol–water partition coefficient (Wildman–Crippen LogP) is 0.277. The zero-order valence-electron chi connectivity index (χ0n) is 10.2. The van der Waals surface area contributed by atoms with Gasteiger partial charge in [-0.3, -0.25) is 20.4 Å². The fourth-order valence-electron chi connectivity index (χ4n) is 1.52. The zero-order chi connectivity index (χ0) is 13.1. The smallest absolute Gasteiger partial charge is 0.270 e. The predicted molar refractivity (Wildman–Crippen MR) is 65.9 cm³/mol. The van der Waals surface area contributed by atoms with Crippen LogP contribution in [-0.4, -0.2) is 31.1 Å². The van der Waals surface area contributed by atoms with Gasteiger partial charge in [-0.15, -0.1) is 0 Å². The summed E-state index contributed by atoms with van der Waals surface area (Å²) >= 11 is 0. The van der Waals surface area contributed by atoms with Gasteiger partial charge < -0.3 is 10.1 Å². The molecule has 1 aromatic rings. The Labute approximate surface area is 105 Å². The van der Waals surface area contributed by atoms with E-state index in [-0.39, 0.29) is 24.0 Å². The van der Waals surface area contributed by atoms with Crippen molar-refractivity contribution in [2.24, 2.45) is 0 Å². The highest BCUT2D eigenvalue weighted by Gasteiger charge is 2.41. The first-order chi connectivity index (χ1) is 8.61. The lowest BCUT2D eigenvalue weighted by molar-refractivity contribution is -0.121. The molecule has 2 rings (SSSR count). The third-order valence-corrected chi connectivity index (χ3v) is 2.67. The molecule has 0 unspecified atom stereocenters. The SMILES string of the molecule is CNC(=O)c1ccc(NNC(=O)[C@@H]2O[C@H]2C)cc1. The molecule has 1 aliphatic heterocycles. The van der Waals surface area contributed by atoms with Crippen LogP contribution in [0.2, 0.25) is 0 Å². The molecule has 18 heavy (non-hydrogen) atoms. The van der Waals surface area contributed by atoms with Crippen LogP contribution in [-0.2, 0) is 9.53 Å². The number of nitrogens with one attached hydrogen (secondary N) is 3. The largest absolute Gasteiger partial charge is 0.359 e. The topological polar surface area (TPSA) is 82.8 Å². The third kappa shape index (κ3) is 2.78. The summed E-state index contributed by atoms with van der Waals surface area (Å²) in [6.45, 7) is 1.84. The number of epoxide rings is 1. The maximum Gasteiger partial charge on any atom is 0.270 e. The van der Waals surface area contributed by atoms with Crippen molar-refractivity contribution in [1.82, 2.24) is 10.7 Å². The van der Waals surface area contributed by atoms with Crippen molar-refractivity contribution in [3.05, 3.63) is 29.8 Å². The second-order valence-electron chi connectivity index (χ2n) is 4.03. The van der Waals surface area contributed by atoms with Crippen LogP contribution in [0.4, 0.5) is 5.69 Å². The normalized spacial score (nSPS) is 21.0.